The molecule has 0 aliphatic carbocycles. The number of ether oxygens (including phenoxy) is 2. The lowest BCUT2D eigenvalue weighted by Gasteiger charge is -2.20. The smallest absolute Gasteiger partial charge is 0.270 e. The molecule has 1 aliphatic heterocycles. The summed E-state index contributed by atoms with van der Waals surface area (Å²) in [6, 6.07) is 7.38. The molecular weight excluding hydrogens is 386 g/mol. The lowest BCUT2D eigenvalue weighted by Crippen LogP contribution is -2.49. The number of anilines is 1. The lowest BCUT2D eigenvalue weighted by molar-refractivity contribution is -0.120. The summed E-state index contributed by atoms with van der Waals surface area (Å²) in [5.41, 5.74) is 0.158. The molecule has 2 N–H and O–H groups in total. The number of aromatic nitrogens is 1. The number of nitrogens with one attached hydrogen (secondary N) is 1. The normalized spacial score (nSPS) is 15.8. The van der Waals surface area contributed by atoms with Crippen LogP contribution in [0.5, 0.6) is 11.5 Å². The third kappa shape index (κ3) is 4.88. The number of carbonyl (C=O) groups is 2. The zero-order valence-electron chi connectivity index (χ0n) is 17.2. The van der Waals surface area contributed by atoms with E-state index in [1.807, 2.05) is 0 Å². The Morgan fingerprint density at radius 2 is 2.13 bits per heavy atom. The van der Waals surface area contributed by atoms with Gasteiger partial charge >= 0.3 is 0 Å². The molecule has 8 heteroatoms. The minimum Gasteiger partial charge on any atom is -0.497 e. The number of nitrogens with zero attached hydrogens (tertiary/aromatic N) is 2. The Balaban J connectivity index is 1.80. The Hall–Kier alpha value is -3.57. The summed E-state index contributed by atoms with van der Waals surface area (Å²) in [6.45, 7) is 3.15. The van der Waals surface area contributed by atoms with Crippen LogP contribution in [0.2, 0.25) is 0 Å². The molecule has 8 nitrogen and oxygen atoms in total. The van der Waals surface area contributed by atoms with E-state index in [9.17, 15) is 14.7 Å². The van der Waals surface area contributed by atoms with Gasteiger partial charge in [-0.15, -0.1) is 0 Å². The van der Waals surface area contributed by atoms with Crippen molar-refractivity contribution in [3.63, 3.8) is 0 Å². The molecule has 1 aromatic carbocycles. The number of pyridine rings is 1. The highest BCUT2D eigenvalue weighted by Gasteiger charge is 2.31. The van der Waals surface area contributed by atoms with Crippen molar-refractivity contribution in [1.29, 1.82) is 0 Å². The molecule has 156 valence electrons. The van der Waals surface area contributed by atoms with Gasteiger partial charge in [0.2, 0.25) is 0 Å². The summed E-state index contributed by atoms with van der Waals surface area (Å²) in [6.07, 6.45) is 1.46. The minimum atomic E-state index is -1.13. The number of hydrogen-bond donors (Lipinski definition) is 2. The number of benzene rings is 1. The van der Waals surface area contributed by atoms with Gasteiger partial charge in [0, 0.05) is 24.9 Å². The van der Waals surface area contributed by atoms with Crippen LogP contribution in [-0.4, -0.2) is 54.3 Å². The molecule has 0 saturated carbocycles. The molecule has 0 spiro atoms. The number of amides is 2. The number of carbonyl (C=O) groups excluding carboxylic acids is 2. The highest BCUT2D eigenvalue weighted by molar-refractivity contribution is 6.03. The number of hydrogen-bond acceptors (Lipinski definition) is 6. The van der Waals surface area contributed by atoms with Gasteiger partial charge in [0.25, 0.3) is 11.8 Å². The standard InChI is InChI=1S/C22H23N3O5/c1-22(2,28)9-7-14-5-6-19-18(11-14)25(3)21(27)17(13-30-19)24-20(26)16-12-15(29-4)8-10-23-16/h5-6,8,10-12,17,28H,13H2,1-4H3,(H,24,26). The molecule has 3 rings (SSSR count). The molecule has 0 bridgehead atoms. The summed E-state index contributed by atoms with van der Waals surface area (Å²) in [4.78, 5) is 30.9. The SMILES string of the molecule is COc1ccnc(C(=O)NC2COc3ccc(C#CC(C)(C)O)cc3N(C)C2=O)c1. The monoisotopic (exact) mass is 409 g/mol. The maximum Gasteiger partial charge on any atom is 0.270 e. The first-order chi connectivity index (χ1) is 14.2. The van der Waals surface area contributed by atoms with Crippen LogP contribution in [0.3, 0.4) is 0 Å². The van der Waals surface area contributed by atoms with Crippen molar-refractivity contribution in [2.24, 2.45) is 0 Å². The molecule has 1 aromatic heterocycles. The third-order valence-corrected chi connectivity index (χ3v) is 4.37. The summed E-state index contributed by atoms with van der Waals surface area (Å²) < 4.78 is 10.9. The van der Waals surface area contributed by atoms with Crippen molar-refractivity contribution < 1.29 is 24.2 Å². The van der Waals surface area contributed by atoms with E-state index in [4.69, 9.17) is 9.47 Å². The highest BCUT2D eigenvalue weighted by Crippen LogP contribution is 2.31. The summed E-state index contributed by atoms with van der Waals surface area (Å²) in [5, 5.41) is 12.5. The quantitative estimate of drug-likeness (QED) is 0.743. The average Bonchev–Trinajstić information content (AvgIpc) is 2.84. The van der Waals surface area contributed by atoms with Gasteiger partial charge in [-0.25, -0.2) is 0 Å². The Labute approximate surface area is 174 Å². The van der Waals surface area contributed by atoms with Crippen LogP contribution in [0.15, 0.2) is 36.5 Å². The van der Waals surface area contributed by atoms with E-state index >= 15 is 0 Å². The topological polar surface area (TPSA) is 101 Å². The van der Waals surface area contributed by atoms with E-state index in [1.165, 1.54) is 24.3 Å². The van der Waals surface area contributed by atoms with Crippen molar-refractivity contribution in [2.75, 3.05) is 25.7 Å². The van der Waals surface area contributed by atoms with Crippen LogP contribution < -0.4 is 19.7 Å². The zero-order chi connectivity index (χ0) is 21.9. The average molecular weight is 409 g/mol. The number of methoxy groups -OCH3 is 1. The second-order valence-corrected chi connectivity index (χ2v) is 7.31. The van der Waals surface area contributed by atoms with Gasteiger partial charge in [-0.2, -0.15) is 0 Å². The van der Waals surface area contributed by atoms with Gasteiger partial charge in [0.15, 0.2) is 0 Å². The molecule has 0 saturated heterocycles. The molecule has 30 heavy (non-hydrogen) atoms. The van der Waals surface area contributed by atoms with Crippen LogP contribution in [-0.2, 0) is 4.79 Å². The number of rotatable bonds is 3. The summed E-state index contributed by atoms with van der Waals surface area (Å²) in [5.74, 6) is 5.76. The molecule has 2 aromatic rings. The highest BCUT2D eigenvalue weighted by atomic mass is 16.5. The number of fused-ring (bicyclic) bond motifs is 1. The second-order valence-electron chi connectivity index (χ2n) is 7.31. The van der Waals surface area contributed by atoms with Gasteiger partial charge in [0.1, 0.15) is 35.4 Å². The van der Waals surface area contributed by atoms with E-state index in [2.05, 4.69) is 22.1 Å². The summed E-state index contributed by atoms with van der Waals surface area (Å²) >= 11 is 0. The molecule has 1 aliphatic rings. The Morgan fingerprint density at radius 3 is 2.83 bits per heavy atom. The van der Waals surface area contributed by atoms with Gasteiger partial charge in [-0.3, -0.25) is 14.6 Å². The first-order valence-electron chi connectivity index (χ1n) is 9.29. The van der Waals surface area contributed by atoms with E-state index in [1.54, 1.807) is 45.2 Å². The van der Waals surface area contributed by atoms with E-state index in [-0.39, 0.29) is 18.2 Å². The van der Waals surface area contributed by atoms with Crippen molar-refractivity contribution in [3.05, 3.63) is 47.8 Å². The van der Waals surface area contributed by atoms with Crippen molar-refractivity contribution in [3.8, 4) is 23.3 Å². The van der Waals surface area contributed by atoms with E-state index in [0.29, 0.717) is 22.7 Å². The molecule has 0 radical (unpaired) electrons. The number of aliphatic hydroxyl groups is 1. The Morgan fingerprint density at radius 1 is 1.37 bits per heavy atom. The maximum absolute atomic E-state index is 12.9. The third-order valence-electron chi connectivity index (χ3n) is 4.37. The lowest BCUT2D eigenvalue weighted by atomic mass is 10.1. The van der Waals surface area contributed by atoms with E-state index < -0.39 is 17.6 Å². The van der Waals surface area contributed by atoms with Crippen LogP contribution in [0, 0.1) is 11.8 Å². The van der Waals surface area contributed by atoms with Gasteiger partial charge in [-0.1, -0.05) is 11.8 Å². The van der Waals surface area contributed by atoms with Crippen LogP contribution in [0.1, 0.15) is 29.9 Å². The van der Waals surface area contributed by atoms with Crippen LogP contribution >= 0.6 is 0 Å². The first-order valence-corrected chi connectivity index (χ1v) is 9.29. The van der Waals surface area contributed by atoms with Crippen molar-refractivity contribution >= 4 is 17.5 Å². The Bertz CT molecular complexity index is 1030. The van der Waals surface area contributed by atoms with Crippen molar-refractivity contribution in [2.45, 2.75) is 25.5 Å². The number of likely N-dealkylation sites (N-methyl/N-ethyl adjacent to an activating group) is 1. The molecule has 1 atom stereocenters. The minimum absolute atomic E-state index is 0.0272. The largest absolute Gasteiger partial charge is 0.497 e. The maximum atomic E-state index is 12.9. The summed E-state index contributed by atoms with van der Waals surface area (Å²) in [7, 11) is 3.10. The fourth-order valence-electron chi connectivity index (χ4n) is 2.80. The molecule has 0 fully saturated rings. The van der Waals surface area contributed by atoms with E-state index in [0.717, 1.165) is 0 Å². The molecule has 1 unspecified atom stereocenters. The molecular formula is C22H23N3O5. The van der Waals surface area contributed by atoms with Crippen LogP contribution in [0.25, 0.3) is 0 Å². The Kier molecular flexibility index (Phi) is 5.94. The van der Waals surface area contributed by atoms with Gasteiger partial charge < -0.3 is 24.8 Å². The zero-order valence-corrected chi connectivity index (χ0v) is 17.2. The molecule has 2 heterocycles. The van der Waals surface area contributed by atoms with Gasteiger partial charge in [-0.05, 0) is 38.1 Å². The second kappa shape index (κ2) is 8.43. The van der Waals surface area contributed by atoms with Crippen LogP contribution in [0.4, 0.5) is 5.69 Å². The fraction of sp³-hybridized carbons (Fsp3) is 0.318. The predicted molar refractivity (Wildman–Crippen MR) is 111 cm³/mol. The van der Waals surface area contributed by atoms with Crippen molar-refractivity contribution in [1.82, 2.24) is 10.3 Å². The van der Waals surface area contributed by atoms with Gasteiger partial charge in [0.05, 0.1) is 12.8 Å². The fourth-order valence-corrected chi connectivity index (χ4v) is 2.80. The molecule has 2 amide bonds. The predicted octanol–water partition coefficient (Wildman–Crippen LogP) is 1.37. The first kappa shape index (κ1) is 21.1.